The van der Waals surface area contributed by atoms with Gasteiger partial charge in [0.1, 0.15) is 0 Å². The summed E-state index contributed by atoms with van der Waals surface area (Å²) in [6, 6.07) is 12.6. The van der Waals surface area contributed by atoms with E-state index in [1.54, 1.807) is 24.3 Å². The molecule has 3 aromatic rings. The van der Waals surface area contributed by atoms with Crippen LogP contribution in [0, 0.1) is 11.6 Å². The SMILES string of the molecule is O=C(Nc1ccccc1)c1nnc(C(Cl)=Cc2cccc(F)c2F)s1. The summed E-state index contributed by atoms with van der Waals surface area (Å²) >= 11 is 7.04. The fourth-order valence-electron chi connectivity index (χ4n) is 1.95. The third-order valence-electron chi connectivity index (χ3n) is 3.12. The Morgan fingerprint density at radius 1 is 1.04 bits per heavy atom. The number of carbonyl (C=O) groups excluding carboxylic acids is 1. The molecule has 126 valence electrons. The van der Waals surface area contributed by atoms with Crippen molar-refractivity contribution < 1.29 is 13.6 Å². The van der Waals surface area contributed by atoms with Crippen LogP contribution in [0.15, 0.2) is 48.5 Å². The van der Waals surface area contributed by atoms with Crippen LogP contribution in [0.1, 0.15) is 20.4 Å². The maximum Gasteiger partial charge on any atom is 0.286 e. The first kappa shape index (κ1) is 17.2. The van der Waals surface area contributed by atoms with E-state index in [4.69, 9.17) is 11.6 Å². The van der Waals surface area contributed by atoms with Gasteiger partial charge in [-0.3, -0.25) is 4.79 Å². The van der Waals surface area contributed by atoms with Crippen LogP contribution in [0.5, 0.6) is 0 Å². The summed E-state index contributed by atoms with van der Waals surface area (Å²) < 4.78 is 26.9. The van der Waals surface area contributed by atoms with E-state index in [0.29, 0.717) is 5.69 Å². The minimum absolute atomic E-state index is 0.0181. The highest BCUT2D eigenvalue weighted by molar-refractivity contribution is 7.15. The number of carbonyl (C=O) groups is 1. The van der Waals surface area contributed by atoms with Crippen molar-refractivity contribution in [3.8, 4) is 0 Å². The van der Waals surface area contributed by atoms with Crippen LogP contribution < -0.4 is 5.32 Å². The molecule has 0 bridgehead atoms. The Kier molecular flexibility index (Phi) is 5.16. The quantitative estimate of drug-likeness (QED) is 0.710. The van der Waals surface area contributed by atoms with Gasteiger partial charge >= 0.3 is 0 Å². The van der Waals surface area contributed by atoms with E-state index in [2.05, 4.69) is 15.5 Å². The average molecular weight is 378 g/mol. The van der Waals surface area contributed by atoms with Crippen molar-refractivity contribution >= 4 is 45.6 Å². The molecule has 3 rings (SSSR count). The highest BCUT2D eigenvalue weighted by Gasteiger charge is 2.15. The van der Waals surface area contributed by atoms with Gasteiger partial charge in [0.05, 0.1) is 5.03 Å². The molecule has 1 heterocycles. The smallest absolute Gasteiger partial charge is 0.286 e. The number of rotatable bonds is 4. The Labute approximate surface area is 150 Å². The number of hydrogen-bond acceptors (Lipinski definition) is 4. The Hall–Kier alpha value is -2.64. The number of amides is 1. The van der Waals surface area contributed by atoms with Crippen molar-refractivity contribution in [3.05, 3.63) is 75.7 Å². The zero-order valence-corrected chi connectivity index (χ0v) is 14.1. The Bertz CT molecular complexity index is 944. The molecule has 25 heavy (non-hydrogen) atoms. The van der Waals surface area contributed by atoms with Crippen LogP contribution in [-0.4, -0.2) is 16.1 Å². The van der Waals surface area contributed by atoms with E-state index in [1.165, 1.54) is 18.2 Å². The third-order valence-corrected chi connectivity index (χ3v) is 4.47. The number of benzene rings is 2. The first-order chi connectivity index (χ1) is 12.0. The monoisotopic (exact) mass is 377 g/mol. The molecule has 0 aliphatic carbocycles. The molecular weight excluding hydrogens is 368 g/mol. The van der Waals surface area contributed by atoms with Gasteiger partial charge in [0.15, 0.2) is 16.6 Å². The van der Waals surface area contributed by atoms with Crippen LogP contribution in [0.3, 0.4) is 0 Å². The Morgan fingerprint density at radius 2 is 1.76 bits per heavy atom. The number of anilines is 1. The molecule has 1 aromatic heterocycles. The lowest BCUT2D eigenvalue weighted by Crippen LogP contribution is -2.11. The molecule has 0 radical (unpaired) electrons. The van der Waals surface area contributed by atoms with Crippen LogP contribution in [0.25, 0.3) is 11.1 Å². The van der Waals surface area contributed by atoms with Gasteiger partial charge in [-0.1, -0.05) is 53.3 Å². The summed E-state index contributed by atoms with van der Waals surface area (Å²) in [4.78, 5) is 12.1. The van der Waals surface area contributed by atoms with Gasteiger partial charge in [-0.25, -0.2) is 8.78 Å². The number of halogens is 3. The summed E-state index contributed by atoms with van der Waals surface area (Å²) in [6.45, 7) is 0. The Balaban J connectivity index is 1.79. The zero-order valence-electron chi connectivity index (χ0n) is 12.5. The van der Waals surface area contributed by atoms with Crippen LogP contribution in [-0.2, 0) is 0 Å². The normalized spacial score (nSPS) is 11.4. The second kappa shape index (κ2) is 7.50. The van der Waals surface area contributed by atoms with Gasteiger partial charge in [-0.2, -0.15) is 0 Å². The maximum atomic E-state index is 13.7. The van der Waals surface area contributed by atoms with Gasteiger partial charge in [0.2, 0.25) is 5.01 Å². The summed E-state index contributed by atoms with van der Waals surface area (Å²) in [5.74, 6) is -2.41. The van der Waals surface area contributed by atoms with E-state index in [0.717, 1.165) is 17.4 Å². The van der Waals surface area contributed by atoms with Crippen molar-refractivity contribution in [2.45, 2.75) is 0 Å². The van der Waals surface area contributed by atoms with Crippen molar-refractivity contribution in [1.29, 1.82) is 0 Å². The number of nitrogens with zero attached hydrogens (tertiary/aromatic N) is 2. The summed E-state index contributed by atoms with van der Waals surface area (Å²) in [6.07, 6.45) is 1.24. The summed E-state index contributed by atoms with van der Waals surface area (Å²) in [5, 5.41) is 10.7. The maximum absolute atomic E-state index is 13.7. The summed E-state index contributed by atoms with van der Waals surface area (Å²) in [5.41, 5.74) is 0.600. The van der Waals surface area contributed by atoms with E-state index in [9.17, 15) is 13.6 Å². The second-order valence-electron chi connectivity index (χ2n) is 4.87. The number of para-hydroxylation sites is 1. The van der Waals surface area contributed by atoms with Crippen molar-refractivity contribution in [2.75, 3.05) is 5.32 Å². The molecule has 0 fully saturated rings. The fraction of sp³-hybridized carbons (Fsp3) is 0. The molecule has 2 aromatic carbocycles. The first-order valence-corrected chi connectivity index (χ1v) is 8.25. The topological polar surface area (TPSA) is 54.9 Å². The lowest BCUT2D eigenvalue weighted by molar-refractivity contribution is 0.102. The lowest BCUT2D eigenvalue weighted by Gasteiger charge is -2.00. The van der Waals surface area contributed by atoms with Gasteiger partial charge < -0.3 is 5.32 Å². The minimum atomic E-state index is -1.01. The average Bonchev–Trinajstić information content (AvgIpc) is 3.10. The molecule has 0 saturated carbocycles. The number of aromatic nitrogens is 2. The predicted octanol–water partition coefficient (Wildman–Crippen LogP) is 4.81. The van der Waals surface area contributed by atoms with Gasteiger partial charge in [-0.05, 0) is 24.3 Å². The molecule has 0 saturated heterocycles. The molecular formula is C17H10ClF2N3OS. The molecule has 0 aliphatic rings. The van der Waals surface area contributed by atoms with Gasteiger partial charge in [-0.15, -0.1) is 10.2 Å². The molecule has 0 atom stereocenters. The fourth-order valence-corrected chi connectivity index (χ4v) is 2.87. The van der Waals surface area contributed by atoms with Crippen LogP contribution in [0.2, 0.25) is 0 Å². The zero-order chi connectivity index (χ0) is 17.8. The highest BCUT2D eigenvalue weighted by atomic mass is 35.5. The van der Waals surface area contributed by atoms with Gasteiger partial charge in [0.25, 0.3) is 5.91 Å². The van der Waals surface area contributed by atoms with E-state index in [-0.39, 0.29) is 20.6 Å². The molecule has 4 nitrogen and oxygen atoms in total. The van der Waals surface area contributed by atoms with E-state index < -0.39 is 17.5 Å². The molecule has 8 heteroatoms. The van der Waals surface area contributed by atoms with Crippen molar-refractivity contribution in [3.63, 3.8) is 0 Å². The molecule has 0 spiro atoms. The highest BCUT2D eigenvalue weighted by Crippen LogP contribution is 2.27. The lowest BCUT2D eigenvalue weighted by atomic mass is 10.2. The Morgan fingerprint density at radius 3 is 2.52 bits per heavy atom. The largest absolute Gasteiger partial charge is 0.320 e. The predicted molar refractivity (Wildman–Crippen MR) is 94.4 cm³/mol. The molecule has 1 amide bonds. The second-order valence-corrected chi connectivity index (χ2v) is 6.25. The third kappa shape index (κ3) is 4.07. The van der Waals surface area contributed by atoms with Crippen LogP contribution in [0.4, 0.5) is 14.5 Å². The summed E-state index contributed by atoms with van der Waals surface area (Å²) in [7, 11) is 0. The van der Waals surface area contributed by atoms with Crippen molar-refractivity contribution in [2.24, 2.45) is 0 Å². The van der Waals surface area contributed by atoms with E-state index >= 15 is 0 Å². The molecule has 0 aliphatic heterocycles. The standard InChI is InChI=1S/C17H10ClF2N3OS/c18-12(9-10-5-4-8-13(19)14(10)20)16-22-23-17(25-16)15(24)21-11-6-2-1-3-7-11/h1-9H,(H,21,24). The minimum Gasteiger partial charge on any atom is -0.320 e. The van der Waals surface area contributed by atoms with Crippen LogP contribution >= 0.6 is 22.9 Å². The number of nitrogens with one attached hydrogen (secondary N) is 1. The van der Waals surface area contributed by atoms with E-state index in [1.807, 2.05) is 6.07 Å². The first-order valence-electron chi connectivity index (χ1n) is 7.06. The van der Waals surface area contributed by atoms with Crippen molar-refractivity contribution in [1.82, 2.24) is 10.2 Å². The molecule has 0 unspecified atom stereocenters. The number of hydrogen-bond donors (Lipinski definition) is 1. The van der Waals surface area contributed by atoms with Gasteiger partial charge in [0, 0.05) is 11.3 Å². The molecule has 1 N–H and O–H groups in total.